The van der Waals surface area contributed by atoms with E-state index in [2.05, 4.69) is 15.6 Å². The van der Waals surface area contributed by atoms with Crippen LogP contribution in [0, 0.1) is 5.92 Å². The van der Waals surface area contributed by atoms with Gasteiger partial charge in [-0.1, -0.05) is 0 Å². The van der Waals surface area contributed by atoms with E-state index in [4.69, 9.17) is 9.47 Å². The monoisotopic (exact) mass is 368 g/mol. The summed E-state index contributed by atoms with van der Waals surface area (Å²) in [6, 6.07) is 0. The molecule has 2 heterocycles. The van der Waals surface area contributed by atoms with E-state index in [0.717, 1.165) is 84.7 Å². The molecular formula is C19H36N4O3. The Morgan fingerprint density at radius 1 is 1.19 bits per heavy atom. The zero-order chi connectivity index (χ0) is 18.5. The molecule has 0 aromatic heterocycles. The van der Waals surface area contributed by atoms with E-state index in [0.29, 0.717) is 11.9 Å². The first-order chi connectivity index (χ1) is 12.8. The summed E-state index contributed by atoms with van der Waals surface area (Å²) in [5, 5.41) is 6.48. The lowest BCUT2D eigenvalue weighted by Crippen LogP contribution is -2.41. The largest absolute Gasteiger partial charge is 0.381 e. The minimum atomic E-state index is 0.127. The number of carbonyl (C=O) groups is 1. The standard InChI is InChI=1S/C19H36N4O3/c1-2-20-19(22-15-18(24)23-10-4-3-5-11-23)21-9-6-12-26-16-17-7-13-25-14-8-17/h17H,2-16H2,1H3,(H2,20,21,22). The Bertz CT molecular complexity index is 419. The molecule has 0 unspecified atom stereocenters. The molecule has 2 aliphatic heterocycles. The normalized spacial score (nSPS) is 19.4. The van der Waals surface area contributed by atoms with Crippen LogP contribution in [0.5, 0.6) is 0 Å². The fourth-order valence-corrected chi connectivity index (χ4v) is 3.28. The Kier molecular flexibility index (Phi) is 10.4. The summed E-state index contributed by atoms with van der Waals surface area (Å²) in [5.74, 6) is 1.49. The molecule has 7 nitrogen and oxygen atoms in total. The van der Waals surface area contributed by atoms with E-state index in [1.165, 1.54) is 6.42 Å². The van der Waals surface area contributed by atoms with Crippen LogP contribution in [0.3, 0.4) is 0 Å². The number of guanidine groups is 1. The van der Waals surface area contributed by atoms with Crippen molar-refractivity contribution in [2.45, 2.75) is 45.4 Å². The maximum absolute atomic E-state index is 12.2. The summed E-state index contributed by atoms with van der Waals surface area (Å²) in [6.45, 7) is 8.89. The average molecular weight is 369 g/mol. The van der Waals surface area contributed by atoms with Crippen LogP contribution < -0.4 is 10.6 Å². The number of ether oxygens (including phenoxy) is 2. The number of piperidine rings is 1. The first kappa shape index (κ1) is 21.0. The van der Waals surface area contributed by atoms with Gasteiger partial charge in [-0.2, -0.15) is 0 Å². The summed E-state index contributed by atoms with van der Waals surface area (Å²) in [5.41, 5.74) is 0. The second-order valence-corrected chi connectivity index (χ2v) is 7.05. The molecule has 0 saturated carbocycles. The van der Waals surface area contributed by atoms with Gasteiger partial charge in [0, 0.05) is 52.6 Å². The van der Waals surface area contributed by atoms with Crippen molar-refractivity contribution in [3.8, 4) is 0 Å². The highest BCUT2D eigenvalue weighted by molar-refractivity contribution is 5.84. The molecule has 2 aliphatic rings. The number of hydrogen-bond donors (Lipinski definition) is 2. The van der Waals surface area contributed by atoms with Gasteiger partial charge >= 0.3 is 0 Å². The molecule has 26 heavy (non-hydrogen) atoms. The minimum Gasteiger partial charge on any atom is -0.381 e. The molecule has 0 aromatic carbocycles. The van der Waals surface area contributed by atoms with Gasteiger partial charge in [0.15, 0.2) is 5.96 Å². The molecule has 2 saturated heterocycles. The Balaban J connectivity index is 1.58. The molecule has 0 radical (unpaired) electrons. The highest BCUT2D eigenvalue weighted by atomic mass is 16.5. The van der Waals surface area contributed by atoms with E-state index >= 15 is 0 Å². The number of rotatable bonds is 9. The van der Waals surface area contributed by atoms with Crippen molar-refractivity contribution in [1.82, 2.24) is 15.5 Å². The topological polar surface area (TPSA) is 75.2 Å². The summed E-state index contributed by atoms with van der Waals surface area (Å²) in [6.07, 6.45) is 6.60. The van der Waals surface area contributed by atoms with Crippen molar-refractivity contribution in [3.05, 3.63) is 0 Å². The molecular weight excluding hydrogens is 332 g/mol. The third-order valence-electron chi connectivity index (χ3n) is 4.88. The van der Waals surface area contributed by atoms with Gasteiger partial charge in [-0.25, -0.2) is 4.99 Å². The zero-order valence-electron chi connectivity index (χ0n) is 16.3. The fourth-order valence-electron chi connectivity index (χ4n) is 3.28. The number of nitrogens with one attached hydrogen (secondary N) is 2. The van der Waals surface area contributed by atoms with Gasteiger partial charge in [-0.05, 0) is 51.4 Å². The quantitative estimate of drug-likeness (QED) is 0.365. The van der Waals surface area contributed by atoms with Crippen molar-refractivity contribution in [2.75, 3.05) is 59.2 Å². The number of aliphatic imine (C=N–C) groups is 1. The van der Waals surface area contributed by atoms with E-state index in [1.54, 1.807) is 0 Å². The maximum Gasteiger partial charge on any atom is 0.244 e. The van der Waals surface area contributed by atoms with Crippen LogP contribution in [-0.4, -0.2) is 75.9 Å². The van der Waals surface area contributed by atoms with Crippen LogP contribution in [0.25, 0.3) is 0 Å². The first-order valence-corrected chi connectivity index (χ1v) is 10.2. The van der Waals surface area contributed by atoms with Gasteiger partial charge in [-0.3, -0.25) is 4.79 Å². The second kappa shape index (κ2) is 12.9. The molecule has 0 spiro atoms. The van der Waals surface area contributed by atoms with Crippen LogP contribution in [0.4, 0.5) is 0 Å². The number of hydrogen-bond acceptors (Lipinski definition) is 4. The summed E-state index contributed by atoms with van der Waals surface area (Å²) < 4.78 is 11.1. The molecule has 0 bridgehead atoms. The van der Waals surface area contributed by atoms with E-state index in [1.807, 2.05) is 11.8 Å². The smallest absolute Gasteiger partial charge is 0.244 e. The van der Waals surface area contributed by atoms with Crippen molar-refractivity contribution in [2.24, 2.45) is 10.9 Å². The van der Waals surface area contributed by atoms with Gasteiger partial charge in [0.2, 0.25) is 5.91 Å². The van der Waals surface area contributed by atoms with Crippen molar-refractivity contribution in [1.29, 1.82) is 0 Å². The van der Waals surface area contributed by atoms with Gasteiger partial charge in [0.1, 0.15) is 6.54 Å². The molecule has 2 N–H and O–H groups in total. The van der Waals surface area contributed by atoms with Crippen LogP contribution in [0.1, 0.15) is 45.4 Å². The second-order valence-electron chi connectivity index (χ2n) is 7.05. The average Bonchev–Trinajstić information content (AvgIpc) is 2.69. The predicted molar refractivity (Wildman–Crippen MR) is 103 cm³/mol. The van der Waals surface area contributed by atoms with Crippen molar-refractivity contribution in [3.63, 3.8) is 0 Å². The predicted octanol–water partition coefficient (Wildman–Crippen LogP) is 1.39. The Morgan fingerprint density at radius 3 is 2.69 bits per heavy atom. The SMILES string of the molecule is CCNC(=NCC(=O)N1CCCCC1)NCCCOCC1CCOCC1. The highest BCUT2D eigenvalue weighted by Crippen LogP contribution is 2.14. The third kappa shape index (κ3) is 8.36. The van der Waals surface area contributed by atoms with Crippen LogP contribution >= 0.6 is 0 Å². The molecule has 1 amide bonds. The molecule has 0 aliphatic carbocycles. The Morgan fingerprint density at radius 2 is 1.96 bits per heavy atom. The Labute approximate surface area is 157 Å². The number of amides is 1. The molecule has 7 heteroatoms. The maximum atomic E-state index is 12.2. The third-order valence-corrected chi connectivity index (χ3v) is 4.88. The number of nitrogens with zero attached hydrogens (tertiary/aromatic N) is 2. The lowest BCUT2D eigenvalue weighted by Gasteiger charge is -2.26. The molecule has 0 atom stereocenters. The Hall–Kier alpha value is -1.34. The van der Waals surface area contributed by atoms with E-state index < -0.39 is 0 Å². The lowest BCUT2D eigenvalue weighted by molar-refractivity contribution is -0.130. The molecule has 0 aromatic rings. The molecule has 2 fully saturated rings. The number of likely N-dealkylation sites (tertiary alicyclic amines) is 1. The van der Waals surface area contributed by atoms with Crippen LogP contribution in [-0.2, 0) is 14.3 Å². The van der Waals surface area contributed by atoms with Crippen LogP contribution in [0.2, 0.25) is 0 Å². The number of carbonyl (C=O) groups excluding carboxylic acids is 1. The van der Waals surface area contributed by atoms with Crippen molar-refractivity contribution >= 4 is 11.9 Å². The van der Waals surface area contributed by atoms with Crippen LogP contribution in [0.15, 0.2) is 4.99 Å². The van der Waals surface area contributed by atoms with Crippen molar-refractivity contribution < 1.29 is 14.3 Å². The van der Waals surface area contributed by atoms with Gasteiger partial charge in [0.25, 0.3) is 0 Å². The van der Waals surface area contributed by atoms with Gasteiger partial charge in [0.05, 0.1) is 0 Å². The molecule has 2 rings (SSSR count). The highest BCUT2D eigenvalue weighted by Gasteiger charge is 2.16. The minimum absolute atomic E-state index is 0.127. The summed E-state index contributed by atoms with van der Waals surface area (Å²) in [7, 11) is 0. The van der Waals surface area contributed by atoms with Gasteiger partial charge in [-0.15, -0.1) is 0 Å². The molecule has 150 valence electrons. The lowest BCUT2D eigenvalue weighted by atomic mass is 10.0. The van der Waals surface area contributed by atoms with E-state index in [9.17, 15) is 4.79 Å². The van der Waals surface area contributed by atoms with Gasteiger partial charge < -0.3 is 25.0 Å². The summed E-state index contributed by atoms with van der Waals surface area (Å²) >= 11 is 0. The summed E-state index contributed by atoms with van der Waals surface area (Å²) in [4.78, 5) is 18.6. The zero-order valence-corrected chi connectivity index (χ0v) is 16.3. The van der Waals surface area contributed by atoms with E-state index in [-0.39, 0.29) is 12.5 Å². The first-order valence-electron chi connectivity index (χ1n) is 10.2. The fraction of sp³-hybridized carbons (Fsp3) is 0.895.